The normalized spacial score (nSPS) is 21.7. The topological polar surface area (TPSA) is 116 Å². The average Bonchev–Trinajstić information content (AvgIpc) is 3.40. The molecule has 0 spiro atoms. The molecule has 1 aromatic carbocycles. The van der Waals surface area contributed by atoms with E-state index in [1.165, 1.54) is 11.3 Å². The van der Waals surface area contributed by atoms with Crippen molar-refractivity contribution in [2.75, 3.05) is 43.2 Å². The van der Waals surface area contributed by atoms with Crippen LogP contribution in [0.3, 0.4) is 0 Å². The molecule has 0 bridgehead atoms. The van der Waals surface area contributed by atoms with Crippen molar-refractivity contribution in [3.05, 3.63) is 44.0 Å². The van der Waals surface area contributed by atoms with Gasteiger partial charge in [0.2, 0.25) is 6.19 Å². The number of carbonyl (C=O) groups is 2. The van der Waals surface area contributed by atoms with Crippen LogP contribution in [-0.4, -0.2) is 56.2 Å². The van der Waals surface area contributed by atoms with Crippen LogP contribution in [0.1, 0.15) is 22.5 Å². The van der Waals surface area contributed by atoms with Crippen molar-refractivity contribution < 1.29 is 19.1 Å². The third-order valence-electron chi connectivity index (χ3n) is 5.52. The third kappa shape index (κ3) is 5.42. The molecular formula is C22H21BrClN5O4S. The summed E-state index contributed by atoms with van der Waals surface area (Å²) in [5.41, 5.74) is -0.0504. The number of hydrogen-bond acceptors (Lipinski definition) is 7. The van der Waals surface area contributed by atoms with Gasteiger partial charge in [0.1, 0.15) is 11.4 Å². The first-order chi connectivity index (χ1) is 16.4. The van der Waals surface area contributed by atoms with Crippen molar-refractivity contribution in [3.8, 4) is 6.19 Å². The molecule has 9 nitrogen and oxygen atoms in total. The number of anilines is 2. The van der Waals surface area contributed by atoms with Gasteiger partial charge in [-0.1, -0.05) is 11.6 Å². The van der Waals surface area contributed by atoms with E-state index < -0.39 is 5.54 Å². The zero-order valence-corrected chi connectivity index (χ0v) is 21.1. The van der Waals surface area contributed by atoms with E-state index in [4.69, 9.17) is 26.3 Å². The molecule has 2 fully saturated rings. The van der Waals surface area contributed by atoms with Crippen LogP contribution in [0, 0.1) is 11.5 Å². The SMILES string of the molecule is N#CN=C1CCOCCN1c1ccc(NC(=O)C2(NC(=O)c3ccc(Br)s3)CCOC2)cc1Cl. The molecule has 12 heteroatoms. The Balaban J connectivity index is 1.51. The Hall–Kier alpha value is -2.49. The second kappa shape index (κ2) is 10.8. The van der Waals surface area contributed by atoms with Crippen LogP contribution in [0.25, 0.3) is 0 Å². The minimum atomic E-state index is -1.19. The molecule has 34 heavy (non-hydrogen) atoms. The lowest BCUT2D eigenvalue weighted by Gasteiger charge is -2.28. The highest BCUT2D eigenvalue weighted by Gasteiger charge is 2.44. The summed E-state index contributed by atoms with van der Waals surface area (Å²) in [4.78, 5) is 32.2. The first kappa shape index (κ1) is 24.6. The number of hydrogen-bond donors (Lipinski definition) is 2. The summed E-state index contributed by atoms with van der Waals surface area (Å²) in [5, 5.41) is 15.1. The fraction of sp³-hybridized carbons (Fsp3) is 0.364. The molecule has 0 saturated carbocycles. The van der Waals surface area contributed by atoms with Crippen LogP contribution in [0.15, 0.2) is 39.1 Å². The number of halogens is 2. The Morgan fingerprint density at radius 2 is 2.09 bits per heavy atom. The Morgan fingerprint density at radius 1 is 1.24 bits per heavy atom. The fourth-order valence-electron chi connectivity index (χ4n) is 3.79. The summed E-state index contributed by atoms with van der Waals surface area (Å²) < 4.78 is 11.8. The minimum absolute atomic E-state index is 0.0741. The lowest BCUT2D eigenvalue weighted by atomic mass is 9.97. The van der Waals surface area contributed by atoms with E-state index in [-0.39, 0.29) is 18.4 Å². The maximum atomic E-state index is 13.3. The van der Waals surface area contributed by atoms with Gasteiger partial charge in [0.25, 0.3) is 11.8 Å². The van der Waals surface area contributed by atoms with E-state index in [1.807, 2.05) is 11.1 Å². The van der Waals surface area contributed by atoms with E-state index in [0.29, 0.717) is 66.3 Å². The first-order valence-electron chi connectivity index (χ1n) is 10.5. The summed E-state index contributed by atoms with van der Waals surface area (Å²) in [6.45, 7) is 1.88. The van der Waals surface area contributed by atoms with Crippen molar-refractivity contribution >= 4 is 67.9 Å². The maximum absolute atomic E-state index is 13.3. The van der Waals surface area contributed by atoms with Crippen molar-refractivity contribution in [2.45, 2.75) is 18.4 Å². The predicted molar refractivity (Wildman–Crippen MR) is 134 cm³/mol. The van der Waals surface area contributed by atoms with Gasteiger partial charge in [-0.2, -0.15) is 10.3 Å². The predicted octanol–water partition coefficient (Wildman–Crippen LogP) is 3.80. The number of nitrogens with zero attached hydrogens (tertiary/aromatic N) is 3. The van der Waals surface area contributed by atoms with Gasteiger partial charge in [-0.15, -0.1) is 11.3 Å². The molecule has 178 valence electrons. The van der Waals surface area contributed by atoms with Gasteiger partial charge < -0.3 is 25.0 Å². The van der Waals surface area contributed by atoms with Crippen LogP contribution in [0.5, 0.6) is 0 Å². The zero-order valence-electron chi connectivity index (χ0n) is 18.0. The quantitative estimate of drug-likeness (QED) is 0.532. The summed E-state index contributed by atoms with van der Waals surface area (Å²) >= 11 is 11.2. The van der Waals surface area contributed by atoms with Gasteiger partial charge in [0, 0.05) is 31.7 Å². The van der Waals surface area contributed by atoms with Gasteiger partial charge in [0.05, 0.1) is 39.2 Å². The van der Waals surface area contributed by atoms with Crippen molar-refractivity contribution in [1.82, 2.24) is 5.32 Å². The number of ether oxygens (including phenoxy) is 2. The standard InChI is InChI=1S/C22H21BrClN5O4S/c23-18-4-3-17(34-18)20(30)28-22(6-9-33-12-22)21(31)27-14-1-2-16(15(24)11-14)29-7-10-32-8-5-19(29)26-13-25/h1-4,11H,5-10,12H2,(H,27,31)(H,28,30). The molecule has 2 aliphatic rings. The van der Waals surface area contributed by atoms with Crippen LogP contribution >= 0.6 is 38.9 Å². The van der Waals surface area contributed by atoms with E-state index in [1.54, 1.807) is 30.3 Å². The molecule has 2 saturated heterocycles. The molecule has 1 aromatic heterocycles. The van der Waals surface area contributed by atoms with Crippen LogP contribution in [0.2, 0.25) is 5.02 Å². The number of nitriles is 1. The van der Waals surface area contributed by atoms with Gasteiger partial charge in [-0.3, -0.25) is 9.59 Å². The molecule has 1 atom stereocenters. The van der Waals surface area contributed by atoms with E-state index in [9.17, 15) is 9.59 Å². The number of amides is 2. The van der Waals surface area contributed by atoms with Gasteiger partial charge in [-0.25, -0.2) is 0 Å². The highest BCUT2D eigenvalue weighted by Crippen LogP contribution is 2.31. The van der Waals surface area contributed by atoms with Gasteiger partial charge in [-0.05, 0) is 46.3 Å². The number of rotatable bonds is 5. The minimum Gasteiger partial charge on any atom is -0.379 e. The Morgan fingerprint density at radius 3 is 2.76 bits per heavy atom. The van der Waals surface area contributed by atoms with E-state index in [0.717, 1.165) is 3.79 Å². The Kier molecular flexibility index (Phi) is 7.85. The summed E-state index contributed by atoms with van der Waals surface area (Å²) in [5.74, 6) is -0.145. The molecule has 0 aliphatic carbocycles. The Labute approximate surface area is 213 Å². The fourth-order valence-corrected chi connectivity index (χ4v) is 5.35. The zero-order chi connectivity index (χ0) is 24.1. The first-order valence-corrected chi connectivity index (χ1v) is 12.5. The number of aliphatic imine (C=N–C) groups is 1. The van der Waals surface area contributed by atoms with Crippen molar-refractivity contribution in [3.63, 3.8) is 0 Å². The number of nitrogens with one attached hydrogen (secondary N) is 2. The molecule has 0 radical (unpaired) electrons. The monoisotopic (exact) mass is 565 g/mol. The van der Waals surface area contributed by atoms with Gasteiger partial charge in [0.15, 0.2) is 0 Å². The van der Waals surface area contributed by atoms with Crippen LogP contribution < -0.4 is 15.5 Å². The van der Waals surface area contributed by atoms with Gasteiger partial charge >= 0.3 is 0 Å². The number of thiophene rings is 1. The second-order valence-corrected chi connectivity index (χ2v) is 10.6. The Bertz CT molecular complexity index is 1160. The lowest BCUT2D eigenvalue weighted by molar-refractivity contribution is -0.122. The highest BCUT2D eigenvalue weighted by molar-refractivity contribution is 9.11. The third-order valence-corrected chi connectivity index (χ3v) is 7.45. The largest absolute Gasteiger partial charge is 0.379 e. The van der Waals surface area contributed by atoms with Crippen molar-refractivity contribution in [2.24, 2.45) is 4.99 Å². The van der Waals surface area contributed by atoms with Crippen molar-refractivity contribution in [1.29, 1.82) is 5.26 Å². The molecule has 3 heterocycles. The summed E-state index contributed by atoms with van der Waals surface area (Å²) in [6.07, 6.45) is 2.67. The molecule has 2 N–H and O–H groups in total. The van der Waals surface area contributed by atoms with Crippen LogP contribution in [0.4, 0.5) is 11.4 Å². The number of benzene rings is 1. The van der Waals surface area contributed by atoms with E-state index >= 15 is 0 Å². The second-order valence-electron chi connectivity index (χ2n) is 7.70. The van der Waals surface area contributed by atoms with Crippen LogP contribution in [-0.2, 0) is 14.3 Å². The van der Waals surface area contributed by atoms with E-state index in [2.05, 4.69) is 31.6 Å². The molecule has 1 unspecified atom stereocenters. The summed E-state index contributed by atoms with van der Waals surface area (Å²) in [7, 11) is 0. The molecule has 2 aromatic rings. The number of carbonyl (C=O) groups excluding carboxylic acids is 2. The maximum Gasteiger partial charge on any atom is 0.262 e. The molecule has 2 amide bonds. The lowest BCUT2D eigenvalue weighted by Crippen LogP contribution is -2.57. The molecule has 2 aliphatic heterocycles. The number of amidine groups is 1. The molecular weight excluding hydrogens is 546 g/mol. The average molecular weight is 567 g/mol. The molecule has 4 rings (SSSR count). The smallest absolute Gasteiger partial charge is 0.262 e. The highest BCUT2D eigenvalue weighted by atomic mass is 79.9. The summed E-state index contributed by atoms with van der Waals surface area (Å²) in [6, 6.07) is 8.59.